The molecule has 2 fully saturated rings. The lowest BCUT2D eigenvalue weighted by Gasteiger charge is -2.47. The summed E-state index contributed by atoms with van der Waals surface area (Å²) in [7, 11) is 1.42. The lowest BCUT2D eigenvalue weighted by atomic mass is 9.61. The van der Waals surface area contributed by atoms with Gasteiger partial charge in [-0.15, -0.1) is 0 Å². The van der Waals surface area contributed by atoms with Crippen molar-refractivity contribution in [3.05, 3.63) is 0 Å². The van der Waals surface area contributed by atoms with Gasteiger partial charge < -0.3 is 10.5 Å². The van der Waals surface area contributed by atoms with E-state index in [1.807, 2.05) is 0 Å². The second kappa shape index (κ2) is 2.46. The number of carbonyl (C=O) groups is 1. The van der Waals surface area contributed by atoms with E-state index in [1.54, 1.807) is 0 Å². The minimum atomic E-state index is -0.629. The highest BCUT2D eigenvalue weighted by Crippen LogP contribution is 2.52. The van der Waals surface area contributed by atoms with Crippen molar-refractivity contribution in [2.75, 3.05) is 7.11 Å². The van der Waals surface area contributed by atoms with Crippen LogP contribution < -0.4 is 5.73 Å². The molecule has 0 amide bonds. The molecular formula is C9H15NO2. The van der Waals surface area contributed by atoms with Crippen molar-refractivity contribution in [2.24, 2.45) is 17.6 Å². The summed E-state index contributed by atoms with van der Waals surface area (Å²) in [6.45, 7) is 0. The highest BCUT2D eigenvalue weighted by molar-refractivity contribution is 5.82. The Morgan fingerprint density at radius 1 is 1.58 bits per heavy atom. The van der Waals surface area contributed by atoms with Crippen LogP contribution in [0.5, 0.6) is 0 Å². The van der Waals surface area contributed by atoms with Gasteiger partial charge in [-0.25, -0.2) is 0 Å². The van der Waals surface area contributed by atoms with Crippen LogP contribution in [0.2, 0.25) is 0 Å². The molecule has 68 valence electrons. The third-order valence-electron chi connectivity index (χ3n) is 3.49. The summed E-state index contributed by atoms with van der Waals surface area (Å²) >= 11 is 0. The second-order valence-electron chi connectivity index (χ2n) is 4.03. The molecule has 0 saturated heterocycles. The van der Waals surface area contributed by atoms with Gasteiger partial charge in [0.05, 0.1) is 7.11 Å². The number of fused-ring (bicyclic) bond motifs is 1. The van der Waals surface area contributed by atoms with E-state index < -0.39 is 5.54 Å². The predicted molar refractivity (Wildman–Crippen MR) is 44.4 cm³/mol. The average Bonchev–Trinajstić information content (AvgIpc) is 2.45. The van der Waals surface area contributed by atoms with Crippen molar-refractivity contribution in [3.8, 4) is 0 Å². The first kappa shape index (κ1) is 8.05. The first-order valence-corrected chi connectivity index (χ1v) is 4.56. The maximum atomic E-state index is 11.3. The summed E-state index contributed by atoms with van der Waals surface area (Å²) in [5.74, 6) is 0.893. The molecule has 0 bridgehead atoms. The zero-order valence-electron chi connectivity index (χ0n) is 7.38. The standard InChI is InChI=1S/C9H15NO2/c1-12-8(11)9(10)5-6-3-2-4-7(6)9/h6-7H,2-5,10H2,1H3. The van der Waals surface area contributed by atoms with E-state index in [-0.39, 0.29) is 5.97 Å². The molecule has 2 N–H and O–H groups in total. The van der Waals surface area contributed by atoms with E-state index >= 15 is 0 Å². The smallest absolute Gasteiger partial charge is 0.326 e. The van der Waals surface area contributed by atoms with Crippen molar-refractivity contribution >= 4 is 5.97 Å². The minimum Gasteiger partial charge on any atom is -0.468 e. The molecule has 3 heteroatoms. The number of methoxy groups -OCH3 is 1. The molecule has 3 atom stereocenters. The van der Waals surface area contributed by atoms with Gasteiger partial charge in [0.1, 0.15) is 5.54 Å². The molecule has 0 aromatic carbocycles. The Hall–Kier alpha value is -0.570. The molecule has 3 nitrogen and oxygen atoms in total. The maximum absolute atomic E-state index is 11.3. The summed E-state index contributed by atoms with van der Waals surface area (Å²) in [4.78, 5) is 11.3. The summed E-state index contributed by atoms with van der Waals surface area (Å²) in [6.07, 6.45) is 4.42. The van der Waals surface area contributed by atoms with Crippen LogP contribution in [-0.2, 0) is 9.53 Å². The van der Waals surface area contributed by atoms with E-state index in [4.69, 9.17) is 10.5 Å². The highest BCUT2D eigenvalue weighted by atomic mass is 16.5. The number of hydrogen-bond acceptors (Lipinski definition) is 3. The third kappa shape index (κ3) is 0.829. The fourth-order valence-electron chi connectivity index (χ4n) is 2.81. The predicted octanol–water partition coefficient (Wildman–Crippen LogP) is 0.677. The van der Waals surface area contributed by atoms with Crippen LogP contribution in [0.3, 0.4) is 0 Å². The molecular weight excluding hydrogens is 154 g/mol. The monoisotopic (exact) mass is 169 g/mol. The van der Waals surface area contributed by atoms with Crippen LogP contribution in [0.15, 0.2) is 0 Å². The Balaban J connectivity index is 2.09. The Labute approximate surface area is 72.3 Å². The fourth-order valence-corrected chi connectivity index (χ4v) is 2.81. The molecule has 3 unspecified atom stereocenters. The second-order valence-corrected chi connectivity index (χ2v) is 4.03. The van der Waals surface area contributed by atoms with E-state index in [2.05, 4.69) is 0 Å². The minimum absolute atomic E-state index is 0.217. The topological polar surface area (TPSA) is 52.3 Å². The Kier molecular flexibility index (Phi) is 1.65. The molecule has 0 aromatic rings. The summed E-state index contributed by atoms with van der Waals surface area (Å²) in [6, 6.07) is 0. The van der Waals surface area contributed by atoms with Gasteiger partial charge >= 0.3 is 5.97 Å². The first-order chi connectivity index (χ1) is 5.68. The Morgan fingerprint density at radius 3 is 2.92 bits per heavy atom. The van der Waals surface area contributed by atoms with E-state index in [0.29, 0.717) is 11.8 Å². The van der Waals surface area contributed by atoms with Crippen LogP contribution in [0.4, 0.5) is 0 Å². The van der Waals surface area contributed by atoms with E-state index in [0.717, 1.165) is 12.8 Å². The van der Waals surface area contributed by atoms with Crippen molar-refractivity contribution < 1.29 is 9.53 Å². The molecule has 2 rings (SSSR count). The van der Waals surface area contributed by atoms with Gasteiger partial charge in [-0.2, -0.15) is 0 Å². The van der Waals surface area contributed by atoms with Crippen LogP contribution in [0.25, 0.3) is 0 Å². The number of carbonyl (C=O) groups excluding carboxylic acids is 1. The number of nitrogens with two attached hydrogens (primary N) is 1. The zero-order chi connectivity index (χ0) is 8.77. The summed E-state index contributed by atoms with van der Waals surface area (Å²) in [5, 5.41) is 0. The zero-order valence-corrected chi connectivity index (χ0v) is 7.38. The van der Waals surface area contributed by atoms with Gasteiger partial charge in [-0.05, 0) is 24.7 Å². The Morgan fingerprint density at radius 2 is 2.33 bits per heavy atom. The number of ether oxygens (including phenoxy) is 1. The third-order valence-corrected chi connectivity index (χ3v) is 3.49. The number of hydrogen-bond donors (Lipinski definition) is 1. The largest absolute Gasteiger partial charge is 0.468 e. The molecule has 0 radical (unpaired) electrons. The van der Waals surface area contributed by atoms with E-state index in [1.165, 1.54) is 20.0 Å². The normalized spacial score (nSPS) is 44.8. The van der Waals surface area contributed by atoms with Gasteiger partial charge in [-0.1, -0.05) is 12.8 Å². The molecule has 0 aliphatic heterocycles. The van der Waals surface area contributed by atoms with Crippen LogP contribution >= 0.6 is 0 Å². The van der Waals surface area contributed by atoms with Gasteiger partial charge in [0.2, 0.25) is 0 Å². The molecule has 2 aliphatic rings. The molecule has 2 saturated carbocycles. The van der Waals surface area contributed by atoms with Crippen molar-refractivity contribution in [1.29, 1.82) is 0 Å². The average molecular weight is 169 g/mol. The molecule has 0 spiro atoms. The van der Waals surface area contributed by atoms with Gasteiger partial charge in [0.15, 0.2) is 0 Å². The van der Waals surface area contributed by atoms with Gasteiger partial charge in [-0.3, -0.25) is 4.79 Å². The van der Waals surface area contributed by atoms with Gasteiger partial charge in [0.25, 0.3) is 0 Å². The molecule has 0 aromatic heterocycles. The van der Waals surface area contributed by atoms with Crippen LogP contribution in [-0.4, -0.2) is 18.6 Å². The fraction of sp³-hybridized carbons (Fsp3) is 0.889. The maximum Gasteiger partial charge on any atom is 0.326 e. The van der Waals surface area contributed by atoms with Gasteiger partial charge in [0, 0.05) is 0 Å². The van der Waals surface area contributed by atoms with Crippen LogP contribution in [0.1, 0.15) is 25.7 Å². The molecule has 0 heterocycles. The highest BCUT2D eigenvalue weighted by Gasteiger charge is 2.58. The SMILES string of the molecule is COC(=O)C1(N)CC2CCCC21. The Bertz CT molecular complexity index is 217. The molecule has 12 heavy (non-hydrogen) atoms. The molecule has 2 aliphatic carbocycles. The number of esters is 1. The summed E-state index contributed by atoms with van der Waals surface area (Å²) in [5.41, 5.74) is 5.34. The number of rotatable bonds is 1. The first-order valence-electron chi connectivity index (χ1n) is 4.56. The van der Waals surface area contributed by atoms with Crippen molar-refractivity contribution in [3.63, 3.8) is 0 Å². The van der Waals surface area contributed by atoms with Crippen molar-refractivity contribution in [1.82, 2.24) is 0 Å². The summed E-state index contributed by atoms with van der Waals surface area (Å²) < 4.78 is 4.70. The van der Waals surface area contributed by atoms with Crippen LogP contribution in [0, 0.1) is 11.8 Å². The van der Waals surface area contributed by atoms with E-state index in [9.17, 15) is 4.79 Å². The quantitative estimate of drug-likeness (QED) is 0.587. The lowest BCUT2D eigenvalue weighted by Crippen LogP contribution is -2.64. The van der Waals surface area contributed by atoms with Crippen molar-refractivity contribution in [2.45, 2.75) is 31.2 Å². The lowest BCUT2D eigenvalue weighted by molar-refractivity contribution is -0.157.